The Morgan fingerprint density at radius 2 is 2.00 bits per heavy atom. The van der Waals surface area contributed by atoms with Gasteiger partial charge in [-0.1, -0.05) is 0 Å². The third kappa shape index (κ3) is 3.15. The number of piperazine rings is 1. The highest BCUT2D eigenvalue weighted by Crippen LogP contribution is 2.36. The predicted octanol–water partition coefficient (Wildman–Crippen LogP) is 1.63. The van der Waals surface area contributed by atoms with E-state index in [1.165, 1.54) is 0 Å². The monoisotopic (exact) mass is 246 g/mol. The second kappa shape index (κ2) is 4.88. The van der Waals surface area contributed by atoms with Gasteiger partial charge in [0.05, 0.1) is 0 Å². The Bertz CT molecular complexity index is 286. The lowest BCUT2D eigenvalue weighted by atomic mass is 9.85. The number of hydrogen-bond donors (Lipinski definition) is 1. The second-order valence-electron chi connectivity index (χ2n) is 5.27. The fourth-order valence-corrected chi connectivity index (χ4v) is 2.68. The van der Waals surface area contributed by atoms with Crippen LogP contribution in [0.15, 0.2) is 0 Å². The lowest BCUT2D eigenvalue weighted by molar-refractivity contribution is -0.140. The van der Waals surface area contributed by atoms with Crippen molar-refractivity contribution in [2.24, 2.45) is 5.92 Å². The van der Waals surface area contributed by atoms with Crippen LogP contribution in [0, 0.1) is 5.92 Å². The van der Waals surface area contributed by atoms with E-state index in [-0.39, 0.29) is 24.7 Å². The van der Waals surface area contributed by atoms with Gasteiger partial charge in [-0.3, -0.25) is 4.79 Å². The van der Waals surface area contributed by atoms with E-state index < -0.39 is 5.92 Å². The highest BCUT2D eigenvalue weighted by atomic mass is 19.3. The van der Waals surface area contributed by atoms with Crippen molar-refractivity contribution in [3.63, 3.8) is 0 Å². The summed E-state index contributed by atoms with van der Waals surface area (Å²) < 4.78 is 26.0. The first kappa shape index (κ1) is 12.7. The zero-order valence-electron chi connectivity index (χ0n) is 10.2. The standard InChI is InChI=1S/C12H20F2N2O/c1-9-8-16(7-6-15-9)11(17)10-2-4-12(13,14)5-3-10/h9-10,15H,2-8H2,1H3/t9-/m1/s1. The number of hydrogen-bond acceptors (Lipinski definition) is 2. The molecule has 1 atom stereocenters. The molecule has 0 unspecified atom stereocenters. The molecule has 17 heavy (non-hydrogen) atoms. The highest BCUT2D eigenvalue weighted by Gasteiger charge is 2.38. The average molecular weight is 246 g/mol. The van der Waals surface area contributed by atoms with Gasteiger partial charge in [0.2, 0.25) is 11.8 Å². The summed E-state index contributed by atoms with van der Waals surface area (Å²) in [5.41, 5.74) is 0. The number of carbonyl (C=O) groups is 1. The fraction of sp³-hybridized carbons (Fsp3) is 0.917. The summed E-state index contributed by atoms with van der Waals surface area (Å²) in [5.74, 6) is -2.65. The fourth-order valence-electron chi connectivity index (χ4n) is 2.68. The zero-order chi connectivity index (χ0) is 12.5. The van der Waals surface area contributed by atoms with Gasteiger partial charge in [0, 0.05) is 44.4 Å². The van der Waals surface area contributed by atoms with E-state index in [1.54, 1.807) is 0 Å². The predicted molar refractivity (Wildman–Crippen MR) is 60.9 cm³/mol. The number of nitrogens with one attached hydrogen (secondary N) is 1. The molecule has 1 amide bonds. The van der Waals surface area contributed by atoms with Crippen LogP contribution in [0.25, 0.3) is 0 Å². The maximum absolute atomic E-state index is 13.0. The van der Waals surface area contributed by atoms with Crippen LogP contribution >= 0.6 is 0 Å². The molecule has 3 nitrogen and oxygen atoms in total. The molecule has 0 bridgehead atoms. The van der Waals surface area contributed by atoms with Gasteiger partial charge in [-0.05, 0) is 19.8 Å². The minimum atomic E-state index is -2.55. The number of rotatable bonds is 1. The summed E-state index contributed by atoms with van der Waals surface area (Å²) in [7, 11) is 0. The molecule has 5 heteroatoms. The number of halogens is 2. The van der Waals surface area contributed by atoms with Gasteiger partial charge in [-0.15, -0.1) is 0 Å². The SMILES string of the molecule is C[C@@H]1CN(C(=O)C2CCC(F)(F)CC2)CCN1. The van der Waals surface area contributed by atoms with Crippen LogP contribution in [0.1, 0.15) is 32.6 Å². The first-order valence-electron chi connectivity index (χ1n) is 6.38. The molecule has 1 saturated heterocycles. The number of amides is 1. The molecule has 0 aromatic rings. The van der Waals surface area contributed by atoms with Crippen molar-refractivity contribution in [2.45, 2.75) is 44.6 Å². The first-order valence-corrected chi connectivity index (χ1v) is 6.38. The molecule has 1 aliphatic carbocycles. The molecule has 0 aromatic heterocycles. The number of alkyl halides is 2. The van der Waals surface area contributed by atoms with Crippen molar-refractivity contribution in [3.8, 4) is 0 Å². The summed E-state index contributed by atoms with van der Waals surface area (Å²) in [5, 5.41) is 3.27. The van der Waals surface area contributed by atoms with E-state index in [1.807, 2.05) is 11.8 Å². The lowest BCUT2D eigenvalue weighted by Crippen LogP contribution is -2.53. The van der Waals surface area contributed by atoms with Gasteiger partial charge in [0.1, 0.15) is 0 Å². The third-order valence-electron chi connectivity index (χ3n) is 3.75. The van der Waals surface area contributed by atoms with E-state index in [2.05, 4.69) is 5.32 Å². The van der Waals surface area contributed by atoms with Crippen LogP contribution in [0.3, 0.4) is 0 Å². The third-order valence-corrected chi connectivity index (χ3v) is 3.75. The Labute approximate surface area is 101 Å². The molecule has 0 aromatic carbocycles. The molecule has 0 spiro atoms. The van der Waals surface area contributed by atoms with E-state index in [4.69, 9.17) is 0 Å². The largest absolute Gasteiger partial charge is 0.340 e. The normalized spacial score (nSPS) is 30.3. The summed E-state index contributed by atoms with van der Waals surface area (Å²) in [6, 6.07) is 0.303. The van der Waals surface area contributed by atoms with Crippen LogP contribution in [-0.4, -0.2) is 42.4 Å². The van der Waals surface area contributed by atoms with E-state index in [9.17, 15) is 13.6 Å². The quantitative estimate of drug-likeness (QED) is 0.762. The maximum atomic E-state index is 13.0. The molecule has 98 valence electrons. The second-order valence-corrected chi connectivity index (χ2v) is 5.27. The summed E-state index contributed by atoms with van der Waals surface area (Å²) in [6.45, 7) is 4.24. The van der Waals surface area contributed by atoms with Gasteiger partial charge < -0.3 is 10.2 Å². The van der Waals surface area contributed by atoms with Crippen molar-refractivity contribution in [3.05, 3.63) is 0 Å². The van der Waals surface area contributed by atoms with Crippen LogP contribution in [-0.2, 0) is 4.79 Å². The van der Waals surface area contributed by atoms with E-state index in [0.29, 0.717) is 32.0 Å². The van der Waals surface area contributed by atoms with Crippen molar-refractivity contribution >= 4 is 5.91 Å². The van der Waals surface area contributed by atoms with Gasteiger partial charge in [0.25, 0.3) is 0 Å². The molecule has 1 heterocycles. The van der Waals surface area contributed by atoms with Crippen LogP contribution in [0.4, 0.5) is 8.78 Å². The van der Waals surface area contributed by atoms with Gasteiger partial charge in [-0.2, -0.15) is 0 Å². The Balaban J connectivity index is 1.88. The number of carbonyl (C=O) groups excluding carboxylic acids is 1. The van der Waals surface area contributed by atoms with E-state index in [0.717, 1.165) is 6.54 Å². The molecule has 2 rings (SSSR count). The molecular weight excluding hydrogens is 226 g/mol. The Morgan fingerprint density at radius 1 is 1.35 bits per heavy atom. The van der Waals surface area contributed by atoms with Gasteiger partial charge in [-0.25, -0.2) is 8.78 Å². The molecule has 2 fully saturated rings. The van der Waals surface area contributed by atoms with Crippen LogP contribution < -0.4 is 5.32 Å². The van der Waals surface area contributed by atoms with Crippen molar-refractivity contribution < 1.29 is 13.6 Å². The summed E-state index contributed by atoms with van der Waals surface area (Å²) in [6.07, 6.45) is 0.407. The topological polar surface area (TPSA) is 32.3 Å². The lowest BCUT2D eigenvalue weighted by Gasteiger charge is -2.36. The van der Waals surface area contributed by atoms with Crippen LogP contribution in [0.2, 0.25) is 0 Å². The molecule has 1 saturated carbocycles. The summed E-state index contributed by atoms with van der Waals surface area (Å²) >= 11 is 0. The summed E-state index contributed by atoms with van der Waals surface area (Å²) in [4.78, 5) is 14.0. The smallest absolute Gasteiger partial charge is 0.248 e. The molecule has 1 N–H and O–H groups in total. The molecular formula is C12H20F2N2O. The maximum Gasteiger partial charge on any atom is 0.248 e. The molecule has 1 aliphatic heterocycles. The molecule has 2 aliphatic rings. The van der Waals surface area contributed by atoms with Crippen molar-refractivity contribution in [1.29, 1.82) is 0 Å². The highest BCUT2D eigenvalue weighted by molar-refractivity contribution is 5.79. The Morgan fingerprint density at radius 3 is 2.59 bits per heavy atom. The minimum Gasteiger partial charge on any atom is -0.340 e. The van der Waals surface area contributed by atoms with Gasteiger partial charge >= 0.3 is 0 Å². The number of nitrogens with zero attached hydrogens (tertiary/aromatic N) is 1. The van der Waals surface area contributed by atoms with Crippen molar-refractivity contribution in [2.75, 3.05) is 19.6 Å². The zero-order valence-corrected chi connectivity index (χ0v) is 10.2. The van der Waals surface area contributed by atoms with Gasteiger partial charge in [0.15, 0.2) is 0 Å². The van der Waals surface area contributed by atoms with Crippen molar-refractivity contribution in [1.82, 2.24) is 10.2 Å². The Hall–Kier alpha value is -0.710. The van der Waals surface area contributed by atoms with Crippen LogP contribution in [0.5, 0.6) is 0 Å². The minimum absolute atomic E-state index is 0.0776. The first-order chi connectivity index (χ1) is 7.98. The Kier molecular flexibility index (Phi) is 3.66. The molecule has 0 radical (unpaired) electrons. The average Bonchev–Trinajstić information content (AvgIpc) is 2.28. The van der Waals surface area contributed by atoms with E-state index >= 15 is 0 Å².